The molecule has 0 saturated heterocycles. The lowest BCUT2D eigenvalue weighted by atomic mass is 10.1. The Morgan fingerprint density at radius 1 is 1.10 bits per heavy atom. The number of benzene rings is 2. The van der Waals surface area contributed by atoms with E-state index in [-0.39, 0.29) is 0 Å². The van der Waals surface area contributed by atoms with E-state index in [1.54, 1.807) is 18.3 Å². The Kier molecular flexibility index (Phi) is 5.11. The Labute approximate surface area is 168 Å². The molecule has 0 atom stereocenters. The van der Waals surface area contributed by atoms with Crippen LogP contribution < -0.4 is 10.1 Å². The first-order chi connectivity index (χ1) is 14.2. The van der Waals surface area contributed by atoms with Gasteiger partial charge in [-0.2, -0.15) is 0 Å². The minimum atomic E-state index is 0.504. The lowest BCUT2D eigenvalue weighted by molar-refractivity contribution is 0.321. The highest BCUT2D eigenvalue weighted by molar-refractivity contribution is 5.81. The maximum Gasteiger partial charge on any atom is 0.208 e. The molecule has 4 rings (SSSR count). The minimum absolute atomic E-state index is 0.504. The average Bonchev–Trinajstić information content (AvgIpc) is 3.04. The summed E-state index contributed by atoms with van der Waals surface area (Å²) in [5.41, 5.74) is 4.61. The molecular formula is C22H21N5O2. The number of pyridine rings is 1. The van der Waals surface area contributed by atoms with E-state index in [1.165, 1.54) is 11.8 Å². The molecule has 7 heteroatoms. The summed E-state index contributed by atoms with van der Waals surface area (Å²) in [6, 6.07) is 17.5. The molecule has 2 aromatic carbocycles. The van der Waals surface area contributed by atoms with Gasteiger partial charge in [-0.3, -0.25) is 4.98 Å². The number of imidazole rings is 1. The zero-order valence-corrected chi connectivity index (χ0v) is 16.2. The Morgan fingerprint density at radius 2 is 1.90 bits per heavy atom. The van der Waals surface area contributed by atoms with Crippen LogP contribution >= 0.6 is 0 Å². The summed E-state index contributed by atoms with van der Waals surface area (Å²) in [4.78, 5) is 8.78. The van der Waals surface area contributed by atoms with Gasteiger partial charge in [0.25, 0.3) is 0 Å². The van der Waals surface area contributed by atoms with Crippen LogP contribution in [0, 0.1) is 0 Å². The summed E-state index contributed by atoms with van der Waals surface area (Å²) in [6.07, 6.45) is 3.86. The van der Waals surface area contributed by atoms with E-state index in [0.29, 0.717) is 17.2 Å². The van der Waals surface area contributed by atoms with Gasteiger partial charge in [0.05, 0.1) is 22.9 Å². The van der Waals surface area contributed by atoms with Crippen molar-refractivity contribution in [1.82, 2.24) is 14.5 Å². The summed E-state index contributed by atoms with van der Waals surface area (Å²) < 4.78 is 7.92. The van der Waals surface area contributed by atoms with E-state index in [2.05, 4.69) is 46.6 Å². The third kappa shape index (κ3) is 4.03. The van der Waals surface area contributed by atoms with E-state index in [1.807, 2.05) is 29.8 Å². The van der Waals surface area contributed by atoms with Gasteiger partial charge in [0.1, 0.15) is 11.5 Å². The van der Waals surface area contributed by atoms with Gasteiger partial charge in [-0.05, 0) is 42.3 Å². The Bertz CT molecular complexity index is 1170. The first-order valence-electron chi connectivity index (χ1n) is 9.30. The van der Waals surface area contributed by atoms with Crippen LogP contribution in [-0.2, 0) is 13.5 Å². The number of fused-ring (bicyclic) bond motifs is 1. The largest absolute Gasteiger partial charge is 0.457 e. The van der Waals surface area contributed by atoms with Crippen molar-refractivity contribution in [3.05, 3.63) is 72.1 Å². The van der Waals surface area contributed by atoms with E-state index in [9.17, 15) is 0 Å². The lowest BCUT2D eigenvalue weighted by Crippen LogP contribution is -1.99. The molecule has 0 amide bonds. The summed E-state index contributed by atoms with van der Waals surface area (Å²) in [5.74, 6) is 2.01. The maximum atomic E-state index is 8.65. The summed E-state index contributed by atoms with van der Waals surface area (Å²) in [5, 5.41) is 15.0. The third-order valence-corrected chi connectivity index (χ3v) is 4.65. The fourth-order valence-corrected chi connectivity index (χ4v) is 3.07. The quantitative estimate of drug-likeness (QED) is 0.280. The number of hydrogen-bond donors (Lipinski definition) is 2. The van der Waals surface area contributed by atoms with Crippen molar-refractivity contribution in [3.8, 4) is 11.5 Å². The zero-order valence-electron chi connectivity index (χ0n) is 16.2. The average molecular weight is 387 g/mol. The zero-order chi connectivity index (χ0) is 20.2. The fraction of sp³-hybridized carbons (Fsp3) is 0.136. The molecule has 0 radical (unpaired) electrons. The number of anilines is 2. The van der Waals surface area contributed by atoms with Gasteiger partial charge >= 0.3 is 0 Å². The number of rotatable bonds is 6. The van der Waals surface area contributed by atoms with Gasteiger partial charge in [0, 0.05) is 31.1 Å². The molecule has 2 N–H and O–H groups in total. The second-order valence-corrected chi connectivity index (χ2v) is 6.58. The monoisotopic (exact) mass is 387 g/mol. The molecule has 0 unspecified atom stereocenters. The van der Waals surface area contributed by atoms with Gasteiger partial charge in [0.15, 0.2) is 0 Å². The Hall–Kier alpha value is -3.87. The number of hydrogen-bond acceptors (Lipinski definition) is 6. The second kappa shape index (κ2) is 8.02. The van der Waals surface area contributed by atoms with Gasteiger partial charge < -0.3 is 19.8 Å². The third-order valence-electron chi connectivity index (χ3n) is 4.65. The normalized spacial score (nSPS) is 11.2. The summed E-state index contributed by atoms with van der Waals surface area (Å²) in [6.45, 7) is 2.14. The fourth-order valence-electron chi connectivity index (χ4n) is 3.07. The van der Waals surface area contributed by atoms with Crippen molar-refractivity contribution in [1.29, 1.82) is 0 Å². The molecule has 29 heavy (non-hydrogen) atoms. The van der Waals surface area contributed by atoms with Crippen molar-refractivity contribution in [2.75, 3.05) is 5.32 Å². The number of ether oxygens (including phenoxy) is 1. The smallest absolute Gasteiger partial charge is 0.208 e. The molecule has 0 aliphatic rings. The van der Waals surface area contributed by atoms with Gasteiger partial charge in [-0.1, -0.05) is 24.2 Å². The highest BCUT2D eigenvalue weighted by Gasteiger charge is 2.10. The molecule has 0 aliphatic carbocycles. The van der Waals surface area contributed by atoms with Crippen LogP contribution in [0.2, 0.25) is 0 Å². The van der Waals surface area contributed by atoms with Gasteiger partial charge in [-0.25, -0.2) is 4.98 Å². The molecule has 7 nitrogen and oxygen atoms in total. The van der Waals surface area contributed by atoms with Crippen LogP contribution in [0.25, 0.3) is 11.0 Å². The molecule has 146 valence electrons. The standard InChI is InChI=1S/C22H21N5O2/c1-3-15-4-6-16(7-5-15)25-22-26-20-13-18(8-9-21(20)27(22)2)29-19-10-11-23-17(12-19)14-24-28/h4-14,28H,3H2,1-2H3,(H,25,26). The molecule has 0 bridgehead atoms. The lowest BCUT2D eigenvalue weighted by Gasteiger charge is -2.07. The second-order valence-electron chi connectivity index (χ2n) is 6.58. The Balaban J connectivity index is 1.58. The maximum absolute atomic E-state index is 8.65. The highest BCUT2D eigenvalue weighted by Crippen LogP contribution is 2.28. The van der Waals surface area contributed by atoms with Crippen molar-refractivity contribution in [2.45, 2.75) is 13.3 Å². The van der Waals surface area contributed by atoms with Crippen LogP contribution in [0.15, 0.2) is 65.9 Å². The predicted molar refractivity (Wildman–Crippen MR) is 114 cm³/mol. The topological polar surface area (TPSA) is 84.6 Å². The van der Waals surface area contributed by atoms with E-state index >= 15 is 0 Å². The summed E-state index contributed by atoms with van der Waals surface area (Å²) in [7, 11) is 1.97. The number of aromatic nitrogens is 3. The van der Waals surface area contributed by atoms with Crippen LogP contribution in [0.1, 0.15) is 18.2 Å². The van der Waals surface area contributed by atoms with Crippen LogP contribution in [0.3, 0.4) is 0 Å². The SMILES string of the molecule is CCc1ccc(Nc2nc3cc(Oc4ccnc(C=NO)c4)ccc3n2C)cc1. The number of aryl methyl sites for hydroxylation is 2. The van der Waals surface area contributed by atoms with Crippen LogP contribution in [0.5, 0.6) is 11.5 Å². The first-order valence-corrected chi connectivity index (χ1v) is 9.30. The van der Waals surface area contributed by atoms with Crippen molar-refractivity contribution in [3.63, 3.8) is 0 Å². The molecule has 0 saturated carbocycles. The van der Waals surface area contributed by atoms with Crippen LogP contribution in [0.4, 0.5) is 11.6 Å². The molecule has 0 fully saturated rings. The van der Waals surface area contributed by atoms with Crippen molar-refractivity contribution >= 4 is 28.9 Å². The van der Waals surface area contributed by atoms with Crippen molar-refractivity contribution in [2.24, 2.45) is 12.2 Å². The van der Waals surface area contributed by atoms with Crippen LogP contribution in [-0.4, -0.2) is 26.0 Å². The number of nitrogens with zero attached hydrogens (tertiary/aromatic N) is 4. The predicted octanol–water partition coefficient (Wildman–Crippen LogP) is 4.87. The molecule has 2 heterocycles. The van der Waals surface area contributed by atoms with E-state index < -0.39 is 0 Å². The number of nitrogens with one attached hydrogen (secondary N) is 1. The van der Waals surface area contributed by atoms with Crippen molar-refractivity contribution < 1.29 is 9.94 Å². The summed E-state index contributed by atoms with van der Waals surface area (Å²) >= 11 is 0. The minimum Gasteiger partial charge on any atom is -0.457 e. The highest BCUT2D eigenvalue weighted by atomic mass is 16.5. The molecular weight excluding hydrogens is 366 g/mol. The number of oxime groups is 1. The van der Waals surface area contributed by atoms with E-state index in [0.717, 1.165) is 29.1 Å². The van der Waals surface area contributed by atoms with E-state index in [4.69, 9.17) is 14.9 Å². The molecule has 0 spiro atoms. The Morgan fingerprint density at radius 3 is 2.66 bits per heavy atom. The van der Waals surface area contributed by atoms with Gasteiger partial charge in [-0.15, -0.1) is 0 Å². The molecule has 4 aromatic rings. The molecule has 0 aliphatic heterocycles. The molecule has 2 aromatic heterocycles. The first kappa shape index (κ1) is 18.5. The van der Waals surface area contributed by atoms with Gasteiger partial charge in [0.2, 0.25) is 5.95 Å².